The quantitative estimate of drug-likeness (QED) is 0.636. The first kappa shape index (κ1) is 14.9. The molecule has 1 heterocycles. The number of halogens is 1. The molecule has 0 aliphatic carbocycles. The highest BCUT2D eigenvalue weighted by atomic mass is 79.9. The smallest absolute Gasteiger partial charge is 0.171 e. The van der Waals surface area contributed by atoms with Crippen molar-refractivity contribution < 1.29 is 0 Å². The van der Waals surface area contributed by atoms with E-state index in [1.165, 1.54) is 5.56 Å². The van der Waals surface area contributed by atoms with Crippen LogP contribution in [-0.4, -0.2) is 16.6 Å². The zero-order valence-electron chi connectivity index (χ0n) is 11.0. The molecule has 0 aliphatic rings. The number of aromatic nitrogens is 1. The molecule has 0 saturated carbocycles. The number of nitrogens with zero attached hydrogens (tertiary/aromatic N) is 1. The molecular formula is C15H16BrN3S. The molecule has 0 radical (unpaired) electrons. The maximum atomic E-state index is 5.22. The molecule has 1 aromatic carbocycles. The Morgan fingerprint density at radius 3 is 2.65 bits per heavy atom. The van der Waals surface area contributed by atoms with Crippen LogP contribution in [-0.2, 0) is 6.42 Å². The largest absolute Gasteiger partial charge is 0.362 e. The van der Waals surface area contributed by atoms with E-state index in [1.54, 1.807) is 6.20 Å². The first-order valence-electron chi connectivity index (χ1n) is 6.44. The third-order valence-electron chi connectivity index (χ3n) is 2.74. The molecule has 20 heavy (non-hydrogen) atoms. The molecule has 104 valence electrons. The van der Waals surface area contributed by atoms with Crippen LogP contribution in [0.15, 0.2) is 53.1 Å². The Labute approximate surface area is 132 Å². The molecule has 2 N–H and O–H groups in total. The number of benzene rings is 1. The van der Waals surface area contributed by atoms with Crippen LogP contribution in [0.25, 0.3) is 0 Å². The average molecular weight is 350 g/mol. The molecule has 2 aromatic rings. The van der Waals surface area contributed by atoms with E-state index in [0.29, 0.717) is 5.11 Å². The van der Waals surface area contributed by atoms with Crippen LogP contribution in [0.3, 0.4) is 0 Å². The van der Waals surface area contributed by atoms with Gasteiger partial charge in [0.05, 0.1) is 0 Å². The lowest BCUT2D eigenvalue weighted by Crippen LogP contribution is -2.29. The number of hydrogen-bond donors (Lipinski definition) is 2. The molecule has 0 aliphatic heterocycles. The molecule has 0 spiro atoms. The second kappa shape index (κ2) is 7.97. The van der Waals surface area contributed by atoms with Gasteiger partial charge in [-0.3, -0.25) is 0 Å². The maximum Gasteiger partial charge on any atom is 0.171 e. The molecule has 1 aromatic heterocycles. The standard InChI is InChI=1S/C15H16BrN3S/c16-13-8-9-14(18-11-13)19-15(20)17-10-4-7-12-5-2-1-3-6-12/h1-3,5-6,8-9,11H,4,7,10H2,(H2,17,18,19,20). The summed E-state index contributed by atoms with van der Waals surface area (Å²) >= 11 is 8.57. The monoisotopic (exact) mass is 349 g/mol. The topological polar surface area (TPSA) is 37.0 Å². The van der Waals surface area contributed by atoms with Crippen molar-refractivity contribution in [3.8, 4) is 0 Å². The Bertz CT molecular complexity index is 543. The molecular weight excluding hydrogens is 334 g/mol. The SMILES string of the molecule is S=C(NCCCc1ccccc1)Nc1ccc(Br)cn1. The van der Waals surface area contributed by atoms with Gasteiger partial charge in [-0.15, -0.1) is 0 Å². The number of aryl methyl sites for hydroxylation is 1. The molecule has 2 rings (SSSR count). The fraction of sp³-hybridized carbons (Fsp3) is 0.200. The lowest BCUT2D eigenvalue weighted by molar-refractivity contribution is 0.777. The highest BCUT2D eigenvalue weighted by molar-refractivity contribution is 9.10. The molecule has 0 bridgehead atoms. The van der Waals surface area contributed by atoms with E-state index in [2.05, 4.69) is 55.8 Å². The first-order valence-corrected chi connectivity index (χ1v) is 7.64. The number of anilines is 1. The highest BCUT2D eigenvalue weighted by Crippen LogP contribution is 2.10. The van der Waals surface area contributed by atoms with Crippen LogP contribution < -0.4 is 10.6 Å². The van der Waals surface area contributed by atoms with Crippen molar-refractivity contribution in [2.75, 3.05) is 11.9 Å². The number of pyridine rings is 1. The van der Waals surface area contributed by atoms with Crippen molar-refractivity contribution in [3.63, 3.8) is 0 Å². The average Bonchev–Trinajstić information content (AvgIpc) is 2.47. The lowest BCUT2D eigenvalue weighted by Gasteiger charge is -2.09. The van der Waals surface area contributed by atoms with Crippen LogP contribution in [0.1, 0.15) is 12.0 Å². The molecule has 0 saturated heterocycles. The Kier molecular flexibility index (Phi) is 5.95. The van der Waals surface area contributed by atoms with E-state index in [4.69, 9.17) is 12.2 Å². The summed E-state index contributed by atoms with van der Waals surface area (Å²) in [6.45, 7) is 0.844. The third-order valence-corrected chi connectivity index (χ3v) is 3.46. The molecule has 0 atom stereocenters. The van der Waals surface area contributed by atoms with Gasteiger partial charge in [-0.1, -0.05) is 30.3 Å². The Morgan fingerprint density at radius 2 is 1.95 bits per heavy atom. The second-order valence-electron chi connectivity index (χ2n) is 4.33. The number of nitrogens with one attached hydrogen (secondary N) is 2. The summed E-state index contributed by atoms with van der Waals surface area (Å²) in [7, 11) is 0. The minimum Gasteiger partial charge on any atom is -0.362 e. The van der Waals surface area contributed by atoms with E-state index < -0.39 is 0 Å². The number of thiocarbonyl (C=S) groups is 1. The van der Waals surface area contributed by atoms with Crippen LogP contribution in [0.5, 0.6) is 0 Å². The normalized spacial score (nSPS) is 10.1. The van der Waals surface area contributed by atoms with Gasteiger partial charge in [0.2, 0.25) is 0 Å². The zero-order valence-corrected chi connectivity index (χ0v) is 13.4. The van der Waals surface area contributed by atoms with Gasteiger partial charge in [0.15, 0.2) is 5.11 Å². The Hall–Kier alpha value is -1.46. The third kappa shape index (κ3) is 5.27. The van der Waals surface area contributed by atoms with Crippen LogP contribution >= 0.6 is 28.1 Å². The van der Waals surface area contributed by atoms with Crippen LogP contribution in [0, 0.1) is 0 Å². The van der Waals surface area contributed by atoms with Gasteiger partial charge in [0.1, 0.15) is 5.82 Å². The van der Waals surface area contributed by atoms with E-state index >= 15 is 0 Å². The summed E-state index contributed by atoms with van der Waals surface area (Å²) in [4.78, 5) is 4.21. The number of rotatable bonds is 5. The van der Waals surface area contributed by atoms with Gasteiger partial charge < -0.3 is 10.6 Å². The zero-order chi connectivity index (χ0) is 14.2. The summed E-state index contributed by atoms with van der Waals surface area (Å²) in [5, 5.41) is 6.85. The fourth-order valence-corrected chi connectivity index (χ4v) is 2.19. The maximum absolute atomic E-state index is 5.22. The van der Waals surface area contributed by atoms with E-state index in [9.17, 15) is 0 Å². The molecule has 5 heteroatoms. The summed E-state index contributed by atoms with van der Waals surface area (Å²) in [5.41, 5.74) is 1.35. The molecule has 3 nitrogen and oxygen atoms in total. The van der Waals surface area contributed by atoms with Crippen molar-refractivity contribution in [2.45, 2.75) is 12.8 Å². The Morgan fingerprint density at radius 1 is 1.15 bits per heavy atom. The van der Waals surface area contributed by atoms with E-state index in [0.717, 1.165) is 29.7 Å². The van der Waals surface area contributed by atoms with E-state index in [-0.39, 0.29) is 0 Å². The van der Waals surface area contributed by atoms with Crippen molar-refractivity contribution in [3.05, 3.63) is 58.7 Å². The fourth-order valence-electron chi connectivity index (χ4n) is 1.75. The van der Waals surface area contributed by atoms with Gasteiger partial charge >= 0.3 is 0 Å². The second-order valence-corrected chi connectivity index (χ2v) is 5.66. The van der Waals surface area contributed by atoms with Crippen molar-refractivity contribution in [2.24, 2.45) is 0 Å². The van der Waals surface area contributed by atoms with Gasteiger partial charge in [-0.05, 0) is 58.7 Å². The van der Waals surface area contributed by atoms with Crippen LogP contribution in [0.2, 0.25) is 0 Å². The van der Waals surface area contributed by atoms with Gasteiger partial charge in [-0.25, -0.2) is 4.98 Å². The van der Waals surface area contributed by atoms with Crippen molar-refractivity contribution in [1.82, 2.24) is 10.3 Å². The minimum atomic E-state index is 0.605. The molecule has 0 amide bonds. The minimum absolute atomic E-state index is 0.605. The predicted octanol–water partition coefficient (Wildman–Crippen LogP) is 3.76. The summed E-state index contributed by atoms with van der Waals surface area (Å²) < 4.78 is 0.949. The molecule has 0 fully saturated rings. The van der Waals surface area contributed by atoms with Crippen molar-refractivity contribution in [1.29, 1.82) is 0 Å². The van der Waals surface area contributed by atoms with Gasteiger partial charge in [-0.2, -0.15) is 0 Å². The number of hydrogen-bond acceptors (Lipinski definition) is 2. The summed E-state index contributed by atoms with van der Waals surface area (Å²) in [5.74, 6) is 0.744. The highest BCUT2D eigenvalue weighted by Gasteiger charge is 1.98. The molecule has 0 unspecified atom stereocenters. The van der Waals surface area contributed by atoms with Gasteiger partial charge in [0.25, 0.3) is 0 Å². The van der Waals surface area contributed by atoms with Crippen molar-refractivity contribution >= 4 is 39.1 Å². The first-order chi connectivity index (χ1) is 9.74. The van der Waals surface area contributed by atoms with E-state index in [1.807, 2.05) is 18.2 Å². The van der Waals surface area contributed by atoms with Crippen LogP contribution in [0.4, 0.5) is 5.82 Å². The summed E-state index contributed by atoms with van der Waals surface area (Å²) in [6, 6.07) is 14.2. The lowest BCUT2D eigenvalue weighted by atomic mass is 10.1. The van der Waals surface area contributed by atoms with Gasteiger partial charge in [0, 0.05) is 17.2 Å². The Balaban J connectivity index is 1.66. The summed E-state index contributed by atoms with van der Waals surface area (Å²) in [6.07, 6.45) is 3.83. The predicted molar refractivity (Wildman–Crippen MR) is 90.9 cm³/mol.